The Kier molecular flexibility index (Phi) is 7.02. The first-order valence-corrected chi connectivity index (χ1v) is 12.1. The largest absolute Gasteiger partial charge is 0.341 e. The Morgan fingerprint density at radius 3 is 2.45 bits per heavy atom. The van der Waals surface area contributed by atoms with Gasteiger partial charge in [-0.25, -0.2) is 15.0 Å². The Labute approximate surface area is 197 Å². The normalized spacial score (nSPS) is 17.8. The molecule has 0 amide bonds. The summed E-state index contributed by atoms with van der Waals surface area (Å²) in [5.74, 6) is 3.35. The summed E-state index contributed by atoms with van der Waals surface area (Å²) in [5, 5.41) is 6.86. The van der Waals surface area contributed by atoms with Crippen LogP contribution in [0.3, 0.4) is 0 Å². The summed E-state index contributed by atoms with van der Waals surface area (Å²) in [5.41, 5.74) is 2.52. The van der Waals surface area contributed by atoms with Crippen molar-refractivity contribution in [3.05, 3.63) is 37.3 Å². The Bertz CT molecular complexity index is 1060. The number of rotatable bonds is 4. The van der Waals surface area contributed by atoms with Crippen LogP contribution in [0.4, 0.5) is 17.6 Å². The van der Waals surface area contributed by atoms with Crippen LogP contribution in [0, 0.1) is 19.3 Å². The minimum absolute atomic E-state index is 0.341. The molecule has 0 bridgehead atoms. The highest BCUT2D eigenvalue weighted by Gasteiger charge is 2.36. The summed E-state index contributed by atoms with van der Waals surface area (Å²) < 4.78 is 2.23. The zero-order chi connectivity index (χ0) is 23.4. The van der Waals surface area contributed by atoms with Crippen LogP contribution in [0.1, 0.15) is 58.3 Å². The van der Waals surface area contributed by atoms with Crippen molar-refractivity contribution in [3.63, 3.8) is 0 Å². The lowest BCUT2D eigenvalue weighted by Crippen LogP contribution is -2.46. The smallest absolute Gasteiger partial charge is 0.227 e. The molecule has 1 spiro atoms. The molecule has 176 valence electrons. The maximum atomic E-state index is 4.80. The van der Waals surface area contributed by atoms with E-state index >= 15 is 0 Å². The minimum Gasteiger partial charge on any atom is -0.341 e. The quantitative estimate of drug-likeness (QED) is 0.560. The van der Waals surface area contributed by atoms with Crippen molar-refractivity contribution in [1.29, 1.82) is 0 Å². The number of fused-ring (bicyclic) bond motifs is 1. The molecule has 0 saturated carbocycles. The molecule has 2 fully saturated rings. The van der Waals surface area contributed by atoms with Crippen LogP contribution in [0.15, 0.2) is 24.5 Å². The average Bonchev–Trinajstić information content (AvgIpc) is 3.17. The molecule has 0 atom stereocenters. The second-order valence-electron chi connectivity index (χ2n) is 9.28. The lowest BCUT2D eigenvalue weighted by molar-refractivity contribution is 0.154. The number of aryl methyl sites for hydroxylation is 1. The van der Waals surface area contributed by atoms with Crippen molar-refractivity contribution in [1.82, 2.24) is 29.8 Å². The fourth-order valence-corrected chi connectivity index (χ4v) is 5.18. The number of aromatic nitrogens is 5. The minimum atomic E-state index is 0.341. The highest BCUT2D eigenvalue weighted by Crippen LogP contribution is 2.40. The summed E-state index contributed by atoms with van der Waals surface area (Å²) in [6.07, 6.45) is 8.71. The van der Waals surface area contributed by atoms with Gasteiger partial charge in [0.25, 0.3) is 0 Å². The van der Waals surface area contributed by atoms with Crippen LogP contribution >= 0.6 is 0 Å². The number of piperidine rings is 2. The number of anilines is 3. The Morgan fingerprint density at radius 1 is 1.03 bits per heavy atom. The average molecular weight is 450 g/mol. The highest BCUT2D eigenvalue weighted by molar-refractivity contribution is 5.79. The van der Waals surface area contributed by atoms with Crippen molar-refractivity contribution < 1.29 is 0 Å². The van der Waals surface area contributed by atoms with E-state index in [1.807, 2.05) is 25.4 Å². The van der Waals surface area contributed by atoms with E-state index in [-0.39, 0.29) is 0 Å². The molecule has 5 rings (SSSR count). The van der Waals surface area contributed by atoms with Crippen LogP contribution in [-0.2, 0) is 0 Å². The number of hydrogen-bond acceptors (Lipinski definition) is 7. The molecule has 5 heterocycles. The molecule has 33 heavy (non-hydrogen) atoms. The first kappa shape index (κ1) is 23.3. The number of hydrogen-bond donors (Lipinski definition) is 2. The molecular formula is C25H37N8+. The Morgan fingerprint density at radius 2 is 1.76 bits per heavy atom. The predicted octanol–water partition coefficient (Wildman–Crippen LogP) is 4.66. The predicted molar refractivity (Wildman–Crippen MR) is 135 cm³/mol. The van der Waals surface area contributed by atoms with E-state index in [4.69, 9.17) is 4.98 Å². The second kappa shape index (κ2) is 9.95. The van der Waals surface area contributed by atoms with Crippen molar-refractivity contribution in [2.75, 3.05) is 36.4 Å². The maximum absolute atomic E-state index is 4.80. The van der Waals surface area contributed by atoms with Crippen LogP contribution < -0.4 is 15.5 Å². The van der Waals surface area contributed by atoms with Gasteiger partial charge in [0.05, 0.1) is 25.6 Å². The summed E-state index contributed by atoms with van der Waals surface area (Å²) in [6.45, 7) is 15.7. The lowest BCUT2D eigenvalue weighted by atomic mass is 9.72. The molecule has 8 nitrogen and oxygen atoms in total. The van der Waals surface area contributed by atoms with Crippen molar-refractivity contribution >= 4 is 28.6 Å². The van der Waals surface area contributed by atoms with Crippen LogP contribution in [0.25, 0.3) is 11.0 Å². The van der Waals surface area contributed by atoms with Gasteiger partial charge in [-0.1, -0.05) is 0 Å². The van der Waals surface area contributed by atoms with E-state index in [0.29, 0.717) is 11.5 Å². The molecule has 0 radical (unpaired) electrons. The molecule has 0 unspecified atom stereocenters. The summed E-state index contributed by atoms with van der Waals surface area (Å²) in [6, 6.07) is 4.30. The SMILES string of the molecule is Cc1nc2cnc(Nc3ccnc(N4CCC5(CCNCC5)CC4)n3)cc2n1C(C)C.[CH2+]C. The van der Waals surface area contributed by atoms with Crippen molar-refractivity contribution in [2.24, 2.45) is 5.41 Å². The van der Waals surface area contributed by atoms with Gasteiger partial charge in [0, 0.05) is 31.4 Å². The second-order valence-corrected chi connectivity index (χ2v) is 9.28. The molecule has 3 aromatic heterocycles. The molecule has 2 saturated heterocycles. The fraction of sp³-hybridized carbons (Fsp3) is 0.560. The Hall–Kier alpha value is -2.87. The molecule has 0 aliphatic carbocycles. The van der Waals surface area contributed by atoms with Gasteiger partial charge in [-0.2, -0.15) is 4.98 Å². The van der Waals surface area contributed by atoms with Crippen molar-refractivity contribution in [3.8, 4) is 0 Å². The van der Waals surface area contributed by atoms with E-state index in [0.717, 1.165) is 60.6 Å². The molecular weight excluding hydrogens is 412 g/mol. The number of nitrogens with one attached hydrogen (secondary N) is 2. The lowest BCUT2D eigenvalue weighted by Gasteiger charge is -2.44. The number of imidazole rings is 1. The van der Waals surface area contributed by atoms with Crippen LogP contribution in [0.2, 0.25) is 0 Å². The third-order valence-electron chi connectivity index (χ3n) is 6.94. The molecule has 3 aromatic rings. The Balaban J connectivity index is 0.00000126. The van der Waals surface area contributed by atoms with E-state index in [9.17, 15) is 0 Å². The molecule has 2 aliphatic rings. The zero-order valence-corrected chi connectivity index (χ0v) is 20.4. The van der Waals surface area contributed by atoms with Gasteiger partial charge in [-0.05, 0) is 71.0 Å². The standard InChI is InChI=1S/C23H32N8.C2H5/c1-16(2)31-17(3)27-18-15-26-21(14-19(18)31)28-20-4-9-25-22(29-20)30-12-7-23(8-13-30)5-10-24-11-6-23;1-2/h4,9,14-16,24H,5-8,10-13H2,1-3H3,(H,25,26,28,29);1H2,2H3/q;+1. The van der Waals surface area contributed by atoms with E-state index < -0.39 is 0 Å². The summed E-state index contributed by atoms with van der Waals surface area (Å²) in [7, 11) is 0. The monoisotopic (exact) mass is 449 g/mol. The topological polar surface area (TPSA) is 83.8 Å². The summed E-state index contributed by atoms with van der Waals surface area (Å²) in [4.78, 5) is 20.9. The van der Waals surface area contributed by atoms with Gasteiger partial charge >= 0.3 is 0 Å². The van der Waals surface area contributed by atoms with Crippen LogP contribution in [0.5, 0.6) is 0 Å². The van der Waals surface area contributed by atoms with Gasteiger partial charge in [-0.3, -0.25) is 0 Å². The van der Waals surface area contributed by atoms with E-state index in [2.05, 4.69) is 61.9 Å². The first-order valence-electron chi connectivity index (χ1n) is 12.1. The molecule has 2 aliphatic heterocycles. The first-order chi connectivity index (χ1) is 16.0. The maximum Gasteiger partial charge on any atom is 0.227 e. The highest BCUT2D eigenvalue weighted by atomic mass is 15.3. The van der Waals surface area contributed by atoms with Crippen LogP contribution in [-0.4, -0.2) is 50.7 Å². The molecule has 0 aromatic carbocycles. The number of pyridine rings is 1. The van der Waals surface area contributed by atoms with E-state index in [1.165, 1.54) is 25.7 Å². The van der Waals surface area contributed by atoms with Gasteiger partial charge in [0.2, 0.25) is 5.95 Å². The van der Waals surface area contributed by atoms with Gasteiger partial charge in [-0.15, -0.1) is 0 Å². The summed E-state index contributed by atoms with van der Waals surface area (Å²) >= 11 is 0. The molecule has 8 heteroatoms. The third kappa shape index (κ3) is 4.90. The van der Waals surface area contributed by atoms with Crippen molar-refractivity contribution in [2.45, 2.75) is 59.4 Å². The third-order valence-corrected chi connectivity index (χ3v) is 6.94. The van der Waals surface area contributed by atoms with E-state index in [1.54, 1.807) is 6.92 Å². The van der Waals surface area contributed by atoms with Gasteiger partial charge < -0.3 is 20.1 Å². The van der Waals surface area contributed by atoms with Gasteiger partial charge in [0.15, 0.2) is 0 Å². The zero-order valence-electron chi connectivity index (χ0n) is 20.4. The fourth-order valence-electron chi connectivity index (χ4n) is 5.18. The number of nitrogens with zero attached hydrogens (tertiary/aromatic N) is 6. The molecule has 2 N–H and O–H groups in total. The van der Waals surface area contributed by atoms with Gasteiger partial charge in [0.1, 0.15) is 23.0 Å².